The molecule has 0 radical (unpaired) electrons. The van der Waals surface area contributed by atoms with E-state index in [0.717, 1.165) is 69.0 Å². The monoisotopic (exact) mass is 598 g/mol. The summed E-state index contributed by atoms with van der Waals surface area (Å²) in [5.74, 6) is 1.52. The van der Waals surface area contributed by atoms with E-state index in [2.05, 4.69) is 20.9 Å². The summed E-state index contributed by atoms with van der Waals surface area (Å²) >= 11 is 0. The number of carbonyl (C=O) groups is 2. The Morgan fingerprint density at radius 2 is 1.47 bits per heavy atom. The van der Waals surface area contributed by atoms with Gasteiger partial charge in [0.25, 0.3) is 0 Å². The van der Waals surface area contributed by atoms with Gasteiger partial charge in [-0.3, -0.25) is 0 Å². The maximum atomic E-state index is 11.8. The van der Waals surface area contributed by atoms with Gasteiger partial charge in [-0.2, -0.15) is 4.99 Å². The maximum Gasteiger partial charge on any atom is 0.410 e. The van der Waals surface area contributed by atoms with Gasteiger partial charge in [0.2, 0.25) is 6.08 Å². The first-order valence-corrected chi connectivity index (χ1v) is 14.4. The summed E-state index contributed by atoms with van der Waals surface area (Å²) < 4.78 is 15.2. The second-order valence-electron chi connectivity index (χ2n) is 11.1. The summed E-state index contributed by atoms with van der Waals surface area (Å²) in [6.45, 7) is 8.99. The Balaban J connectivity index is 0.000000233. The Bertz CT molecular complexity index is 1150. The highest BCUT2D eigenvalue weighted by Gasteiger charge is 2.25. The first-order valence-electron chi connectivity index (χ1n) is 14.4. The van der Waals surface area contributed by atoms with Gasteiger partial charge in [0.15, 0.2) is 0 Å². The predicted octanol–water partition coefficient (Wildman–Crippen LogP) is 4.58. The van der Waals surface area contributed by atoms with Crippen LogP contribution < -0.4 is 31.2 Å². The molecule has 2 aromatic carbocycles. The van der Waals surface area contributed by atoms with Crippen molar-refractivity contribution < 1.29 is 28.6 Å². The van der Waals surface area contributed by atoms with Gasteiger partial charge in [-0.15, -0.1) is 0 Å². The van der Waals surface area contributed by atoms with Crippen LogP contribution in [0.5, 0.6) is 11.5 Å². The molecule has 5 N–H and O–H groups in total. The molecule has 12 heteroatoms. The molecule has 0 bridgehead atoms. The van der Waals surface area contributed by atoms with Crippen molar-refractivity contribution in [2.75, 3.05) is 45.7 Å². The van der Waals surface area contributed by atoms with E-state index >= 15 is 0 Å². The predicted molar refractivity (Wildman–Crippen MR) is 167 cm³/mol. The molecule has 2 aromatic rings. The number of amides is 3. The number of urea groups is 1. The molecule has 0 aliphatic carbocycles. The molecule has 0 unspecified atom stereocenters. The molecule has 2 aliphatic rings. The van der Waals surface area contributed by atoms with Crippen LogP contribution in [0.1, 0.15) is 46.5 Å². The number of anilines is 1. The number of piperidine rings is 2. The highest BCUT2D eigenvalue weighted by molar-refractivity contribution is 5.89. The van der Waals surface area contributed by atoms with Crippen LogP contribution in [-0.4, -0.2) is 81.2 Å². The second kappa shape index (κ2) is 18.4. The summed E-state index contributed by atoms with van der Waals surface area (Å²) in [6.07, 6.45) is 4.95. The lowest BCUT2D eigenvalue weighted by atomic mass is 10.1. The van der Waals surface area contributed by atoms with E-state index in [0.29, 0.717) is 5.69 Å². The number of benzene rings is 2. The summed E-state index contributed by atoms with van der Waals surface area (Å²) in [5.41, 5.74) is 6.69. The number of nitrogens with two attached hydrogens (primary N) is 1. The third-order valence-corrected chi connectivity index (χ3v) is 6.46. The van der Waals surface area contributed by atoms with Crippen molar-refractivity contribution in [2.24, 2.45) is 10.7 Å². The number of hydrogen-bond donors (Lipinski definition) is 4. The lowest BCUT2D eigenvalue weighted by molar-refractivity contribution is 0.0206. The molecule has 0 spiro atoms. The molecule has 43 heavy (non-hydrogen) atoms. The number of rotatable bonds is 5. The van der Waals surface area contributed by atoms with Crippen molar-refractivity contribution in [3.8, 4) is 11.5 Å². The van der Waals surface area contributed by atoms with Crippen molar-refractivity contribution in [1.82, 2.24) is 15.5 Å². The Hall–Kier alpha value is -4.12. The van der Waals surface area contributed by atoms with Gasteiger partial charge in [0.1, 0.15) is 17.1 Å². The van der Waals surface area contributed by atoms with Crippen LogP contribution in [0.4, 0.5) is 21.0 Å². The molecular weight excluding hydrogens is 552 g/mol. The van der Waals surface area contributed by atoms with Crippen molar-refractivity contribution in [3.05, 3.63) is 48.5 Å². The minimum Gasteiger partial charge on any atom is -0.497 e. The Morgan fingerprint density at radius 1 is 0.930 bits per heavy atom. The first-order chi connectivity index (χ1) is 20.5. The van der Waals surface area contributed by atoms with Crippen LogP contribution in [0.15, 0.2) is 53.5 Å². The maximum absolute atomic E-state index is 11.8. The fourth-order valence-corrected chi connectivity index (χ4v) is 4.11. The van der Waals surface area contributed by atoms with Crippen LogP contribution in [-0.2, 0) is 9.53 Å². The zero-order valence-electron chi connectivity index (χ0n) is 25.9. The summed E-state index contributed by atoms with van der Waals surface area (Å²) in [4.78, 5) is 38.3. The normalized spacial score (nSPS) is 15.3. The van der Waals surface area contributed by atoms with Gasteiger partial charge in [-0.25, -0.2) is 14.4 Å². The summed E-state index contributed by atoms with van der Waals surface area (Å²) in [5, 5.41) is 9.05. The molecule has 2 aliphatic heterocycles. The number of nitrogens with one attached hydrogen (secondary N) is 3. The van der Waals surface area contributed by atoms with Crippen LogP contribution in [0, 0.1) is 0 Å². The number of aliphatic imine (C=N–C) groups is 1. The topological polar surface area (TPSA) is 157 Å². The largest absolute Gasteiger partial charge is 0.497 e. The lowest BCUT2D eigenvalue weighted by Crippen LogP contribution is -2.44. The number of ether oxygens (including phenoxy) is 3. The Kier molecular flexibility index (Phi) is 15.0. The molecule has 4 rings (SSSR count). The van der Waals surface area contributed by atoms with E-state index in [1.807, 2.05) is 45.0 Å². The average Bonchev–Trinajstić information content (AvgIpc) is 2.99. The van der Waals surface area contributed by atoms with Gasteiger partial charge >= 0.3 is 12.1 Å². The van der Waals surface area contributed by atoms with E-state index < -0.39 is 5.60 Å². The van der Waals surface area contributed by atoms with Gasteiger partial charge < -0.3 is 40.8 Å². The van der Waals surface area contributed by atoms with E-state index in [-0.39, 0.29) is 24.2 Å². The first kappa shape index (κ1) is 35.1. The molecule has 236 valence electrons. The average molecular weight is 599 g/mol. The number of methoxy groups -OCH3 is 2. The molecule has 2 heterocycles. The number of isocyanates is 1. The third kappa shape index (κ3) is 14.6. The third-order valence-electron chi connectivity index (χ3n) is 6.46. The molecule has 0 aromatic heterocycles. The highest BCUT2D eigenvalue weighted by Crippen LogP contribution is 2.17. The number of nitrogens with zero attached hydrogens (tertiary/aromatic N) is 2. The Morgan fingerprint density at radius 3 is 1.95 bits per heavy atom. The molecule has 2 saturated heterocycles. The van der Waals surface area contributed by atoms with Crippen molar-refractivity contribution in [3.63, 3.8) is 0 Å². The fourth-order valence-electron chi connectivity index (χ4n) is 4.11. The van der Waals surface area contributed by atoms with Gasteiger partial charge in [0, 0.05) is 30.9 Å². The van der Waals surface area contributed by atoms with Gasteiger partial charge in [-0.1, -0.05) is 0 Å². The molecule has 2 fully saturated rings. The standard InChI is InChI=1S/C13H19N3O2.C10H20N2O2.C8H7NO2/c1-18-12-4-2-10(3-5-12)15-13(17)16-11-6-8-14-9-7-11;1-10(2,3)14-9(13)12-6-4-8(11)5-7-12;1-11-8-4-2-7(3-5-8)9-6-10/h2-5,11,14H,6-9H2,1H3,(H2,15,16,17);8H,4-7,11H2,1-3H3;2-5H,1H3. The molecular formula is C31H46N6O6. The number of carbonyl (C=O) groups excluding carboxylic acids is 3. The summed E-state index contributed by atoms with van der Waals surface area (Å²) in [6, 6.07) is 14.5. The number of likely N-dealkylation sites (tertiary alicyclic amines) is 1. The minimum absolute atomic E-state index is 0.146. The number of hydrogen-bond acceptors (Lipinski definition) is 9. The van der Waals surface area contributed by atoms with Crippen LogP contribution >= 0.6 is 0 Å². The molecule has 0 atom stereocenters. The second-order valence-corrected chi connectivity index (χ2v) is 11.1. The van der Waals surface area contributed by atoms with E-state index in [1.165, 1.54) is 6.08 Å². The lowest BCUT2D eigenvalue weighted by Gasteiger charge is -2.32. The quantitative estimate of drug-likeness (QED) is 0.288. The fraction of sp³-hybridized carbons (Fsp3) is 0.516. The van der Waals surface area contributed by atoms with E-state index in [4.69, 9.17) is 19.9 Å². The molecule has 12 nitrogen and oxygen atoms in total. The van der Waals surface area contributed by atoms with E-state index in [9.17, 15) is 14.4 Å². The smallest absolute Gasteiger partial charge is 0.410 e. The molecule has 3 amide bonds. The molecule has 0 saturated carbocycles. The zero-order valence-corrected chi connectivity index (χ0v) is 25.9. The van der Waals surface area contributed by atoms with E-state index in [1.54, 1.807) is 43.4 Å². The van der Waals surface area contributed by atoms with Crippen LogP contribution in [0.25, 0.3) is 0 Å². The van der Waals surface area contributed by atoms with Gasteiger partial charge in [-0.05, 0) is 108 Å². The minimum atomic E-state index is -0.406. The van der Waals surface area contributed by atoms with Crippen molar-refractivity contribution in [2.45, 2.75) is 64.1 Å². The van der Waals surface area contributed by atoms with Crippen molar-refractivity contribution >= 4 is 29.6 Å². The summed E-state index contributed by atoms with van der Waals surface area (Å²) in [7, 11) is 3.20. The SMILES string of the molecule is CC(C)(C)OC(=O)N1CCC(N)CC1.COc1ccc(N=C=O)cc1.COc1ccc(NC(=O)NC2CCNCC2)cc1. The van der Waals surface area contributed by atoms with Crippen LogP contribution in [0.2, 0.25) is 0 Å². The zero-order chi connectivity index (χ0) is 31.7. The van der Waals surface area contributed by atoms with Crippen molar-refractivity contribution in [1.29, 1.82) is 0 Å². The van der Waals surface area contributed by atoms with Crippen LogP contribution in [0.3, 0.4) is 0 Å². The van der Waals surface area contributed by atoms with Gasteiger partial charge in [0.05, 0.1) is 19.9 Å². The Labute approximate surface area is 254 Å². The highest BCUT2D eigenvalue weighted by atomic mass is 16.6.